The molecule has 1 aliphatic rings. The summed E-state index contributed by atoms with van der Waals surface area (Å²) in [5.74, 6) is 3.55. The van der Waals surface area contributed by atoms with Gasteiger partial charge in [-0.2, -0.15) is 0 Å². The minimum Gasteiger partial charge on any atom is -0.493 e. The average molecular weight is 337 g/mol. The number of hydrogen-bond donors (Lipinski definition) is 0. The molecule has 1 fully saturated rings. The van der Waals surface area contributed by atoms with E-state index in [-0.39, 0.29) is 0 Å². The summed E-state index contributed by atoms with van der Waals surface area (Å²) in [6.45, 7) is 9.80. The second-order valence-electron chi connectivity index (χ2n) is 6.66. The van der Waals surface area contributed by atoms with Crippen molar-refractivity contribution < 1.29 is 18.9 Å². The highest BCUT2D eigenvalue weighted by molar-refractivity contribution is 5.51. The molecule has 1 saturated heterocycles. The molecule has 1 aliphatic heterocycles. The fourth-order valence-corrected chi connectivity index (χ4v) is 3.43. The Morgan fingerprint density at radius 3 is 2.17 bits per heavy atom. The van der Waals surface area contributed by atoms with Crippen LogP contribution in [0.5, 0.6) is 17.2 Å². The molecule has 0 aromatic heterocycles. The minimum atomic E-state index is 0.476. The van der Waals surface area contributed by atoms with Gasteiger partial charge < -0.3 is 23.8 Å². The fourth-order valence-electron chi connectivity index (χ4n) is 3.43. The first-order valence-electron chi connectivity index (χ1n) is 8.78. The van der Waals surface area contributed by atoms with Crippen molar-refractivity contribution in [2.24, 2.45) is 11.8 Å². The van der Waals surface area contributed by atoms with Gasteiger partial charge in [0, 0.05) is 19.6 Å². The van der Waals surface area contributed by atoms with Gasteiger partial charge in [-0.1, -0.05) is 19.9 Å². The molecule has 0 radical (unpaired) electrons. The molecular weight excluding hydrogens is 306 g/mol. The Morgan fingerprint density at radius 2 is 1.58 bits per heavy atom. The van der Waals surface area contributed by atoms with Crippen LogP contribution in [-0.4, -0.2) is 58.6 Å². The highest BCUT2D eigenvalue weighted by atomic mass is 16.6. The lowest BCUT2D eigenvalue weighted by molar-refractivity contribution is 0.0587. The van der Waals surface area contributed by atoms with E-state index < -0.39 is 0 Å². The van der Waals surface area contributed by atoms with Gasteiger partial charge >= 0.3 is 0 Å². The van der Waals surface area contributed by atoms with Gasteiger partial charge in [0.25, 0.3) is 0 Å². The van der Waals surface area contributed by atoms with E-state index in [1.165, 1.54) is 19.5 Å². The Hall–Kier alpha value is -1.46. The van der Waals surface area contributed by atoms with Crippen LogP contribution < -0.4 is 14.2 Å². The molecule has 0 amide bonds. The van der Waals surface area contributed by atoms with Crippen molar-refractivity contribution in [3.63, 3.8) is 0 Å². The summed E-state index contributed by atoms with van der Waals surface area (Å²) in [6.07, 6.45) is 1.34. The second-order valence-corrected chi connectivity index (χ2v) is 6.66. The molecule has 1 aromatic carbocycles. The van der Waals surface area contributed by atoms with E-state index in [0.29, 0.717) is 30.5 Å². The Morgan fingerprint density at radius 1 is 0.958 bits per heavy atom. The zero-order valence-electron chi connectivity index (χ0n) is 15.4. The van der Waals surface area contributed by atoms with Crippen LogP contribution in [0.1, 0.15) is 20.3 Å². The summed E-state index contributed by atoms with van der Waals surface area (Å²) in [7, 11) is 3.25. The lowest BCUT2D eigenvalue weighted by Crippen LogP contribution is -2.40. The molecule has 5 nitrogen and oxygen atoms in total. The SMILES string of the molecule is COc1cccc(OC)c1OCCOCCN1C[C@H](C)C[C@@H](C)C1. The molecule has 0 N–H and O–H groups in total. The van der Waals surface area contributed by atoms with E-state index >= 15 is 0 Å². The Labute approximate surface area is 145 Å². The zero-order valence-corrected chi connectivity index (χ0v) is 15.4. The van der Waals surface area contributed by atoms with Crippen LogP contribution in [0, 0.1) is 11.8 Å². The van der Waals surface area contributed by atoms with Gasteiger partial charge in [-0.3, -0.25) is 0 Å². The van der Waals surface area contributed by atoms with Crippen LogP contribution in [0.3, 0.4) is 0 Å². The first-order valence-corrected chi connectivity index (χ1v) is 8.78. The third-order valence-electron chi connectivity index (χ3n) is 4.35. The normalized spacial score (nSPS) is 21.5. The number of methoxy groups -OCH3 is 2. The van der Waals surface area contributed by atoms with E-state index in [4.69, 9.17) is 18.9 Å². The number of piperidine rings is 1. The molecule has 0 aliphatic carbocycles. The largest absolute Gasteiger partial charge is 0.493 e. The molecule has 0 bridgehead atoms. The van der Waals surface area contributed by atoms with Gasteiger partial charge in [-0.25, -0.2) is 0 Å². The summed E-state index contributed by atoms with van der Waals surface area (Å²) in [5.41, 5.74) is 0. The van der Waals surface area contributed by atoms with Gasteiger partial charge in [0.1, 0.15) is 6.61 Å². The number of hydrogen-bond acceptors (Lipinski definition) is 5. The molecule has 1 heterocycles. The molecule has 136 valence electrons. The van der Waals surface area contributed by atoms with Gasteiger partial charge in [0.05, 0.1) is 27.4 Å². The van der Waals surface area contributed by atoms with E-state index in [2.05, 4.69) is 18.7 Å². The van der Waals surface area contributed by atoms with Crippen LogP contribution in [0.25, 0.3) is 0 Å². The molecule has 2 rings (SSSR count). The maximum atomic E-state index is 5.79. The van der Waals surface area contributed by atoms with Crippen molar-refractivity contribution in [2.45, 2.75) is 20.3 Å². The lowest BCUT2D eigenvalue weighted by atomic mass is 9.92. The monoisotopic (exact) mass is 337 g/mol. The van der Waals surface area contributed by atoms with E-state index in [1.54, 1.807) is 14.2 Å². The number of ether oxygens (including phenoxy) is 4. The molecule has 0 spiro atoms. The molecule has 0 unspecified atom stereocenters. The predicted molar refractivity (Wildman–Crippen MR) is 95.2 cm³/mol. The van der Waals surface area contributed by atoms with Crippen LogP contribution in [-0.2, 0) is 4.74 Å². The lowest BCUT2D eigenvalue weighted by Gasteiger charge is -2.34. The second kappa shape index (κ2) is 9.74. The van der Waals surface area contributed by atoms with Crippen molar-refractivity contribution in [1.82, 2.24) is 4.90 Å². The van der Waals surface area contributed by atoms with E-state index in [0.717, 1.165) is 25.0 Å². The minimum absolute atomic E-state index is 0.476. The van der Waals surface area contributed by atoms with Crippen LogP contribution in [0.15, 0.2) is 18.2 Å². The summed E-state index contributed by atoms with van der Waals surface area (Å²) in [6, 6.07) is 5.59. The van der Waals surface area contributed by atoms with Crippen LogP contribution in [0.2, 0.25) is 0 Å². The van der Waals surface area contributed by atoms with Crippen molar-refractivity contribution in [3.05, 3.63) is 18.2 Å². The first-order chi connectivity index (χ1) is 11.6. The maximum absolute atomic E-state index is 5.79. The number of rotatable bonds is 9. The Balaban J connectivity index is 1.67. The van der Waals surface area contributed by atoms with E-state index in [1.807, 2.05) is 18.2 Å². The molecule has 0 saturated carbocycles. The smallest absolute Gasteiger partial charge is 0.203 e. The quantitative estimate of drug-likeness (QED) is 0.648. The zero-order chi connectivity index (χ0) is 17.4. The molecule has 5 heteroatoms. The molecular formula is C19H31NO4. The predicted octanol–water partition coefficient (Wildman–Crippen LogP) is 3.08. The summed E-state index contributed by atoms with van der Waals surface area (Å²) < 4.78 is 22.1. The highest BCUT2D eigenvalue weighted by Gasteiger charge is 2.21. The number of para-hydroxylation sites is 1. The Kier molecular flexibility index (Phi) is 7.66. The summed E-state index contributed by atoms with van der Waals surface area (Å²) in [4.78, 5) is 2.50. The third-order valence-corrected chi connectivity index (χ3v) is 4.35. The van der Waals surface area contributed by atoms with Gasteiger partial charge in [-0.15, -0.1) is 0 Å². The Bertz CT molecular complexity index is 462. The van der Waals surface area contributed by atoms with E-state index in [9.17, 15) is 0 Å². The van der Waals surface area contributed by atoms with Crippen LogP contribution >= 0.6 is 0 Å². The number of nitrogens with zero attached hydrogens (tertiary/aromatic N) is 1. The fraction of sp³-hybridized carbons (Fsp3) is 0.684. The average Bonchev–Trinajstić information content (AvgIpc) is 2.56. The van der Waals surface area contributed by atoms with Gasteiger partial charge in [0.2, 0.25) is 5.75 Å². The maximum Gasteiger partial charge on any atom is 0.203 e. The molecule has 2 atom stereocenters. The first kappa shape index (κ1) is 18.9. The molecule has 1 aromatic rings. The van der Waals surface area contributed by atoms with Crippen LogP contribution in [0.4, 0.5) is 0 Å². The van der Waals surface area contributed by atoms with Crippen molar-refractivity contribution in [3.8, 4) is 17.2 Å². The number of likely N-dealkylation sites (tertiary alicyclic amines) is 1. The third kappa shape index (κ3) is 5.56. The number of benzene rings is 1. The summed E-state index contributed by atoms with van der Waals surface area (Å²) in [5, 5.41) is 0. The van der Waals surface area contributed by atoms with Crippen molar-refractivity contribution >= 4 is 0 Å². The highest BCUT2D eigenvalue weighted by Crippen LogP contribution is 2.36. The molecule has 24 heavy (non-hydrogen) atoms. The van der Waals surface area contributed by atoms with Crippen molar-refractivity contribution in [1.29, 1.82) is 0 Å². The standard InChI is InChI=1S/C19H31NO4/c1-15-12-16(2)14-20(13-15)8-9-23-10-11-24-19-17(21-3)6-5-7-18(19)22-4/h5-7,15-16H,8-14H2,1-4H3/t15-,16-/m1/s1. The topological polar surface area (TPSA) is 40.2 Å². The van der Waals surface area contributed by atoms with Gasteiger partial charge in [0.15, 0.2) is 11.5 Å². The summed E-state index contributed by atoms with van der Waals surface area (Å²) >= 11 is 0. The van der Waals surface area contributed by atoms with Gasteiger partial charge in [-0.05, 0) is 30.4 Å². The van der Waals surface area contributed by atoms with Crippen molar-refractivity contribution in [2.75, 3.05) is 53.7 Å².